The summed E-state index contributed by atoms with van der Waals surface area (Å²) < 4.78 is 33.7. The van der Waals surface area contributed by atoms with Gasteiger partial charge in [-0.3, -0.25) is 4.79 Å². The topological polar surface area (TPSA) is 111 Å². The lowest BCUT2D eigenvalue weighted by molar-refractivity contribution is 0.0987. The van der Waals surface area contributed by atoms with Crippen LogP contribution < -0.4 is 10.5 Å². The normalized spacial score (nSPS) is 25.9. The number of carbonyl (C=O) groups is 1. The second kappa shape index (κ2) is 8.48. The van der Waals surface area contributed by atoms with E-state index in [0.29, 0.717) is 12.0 Å². The molecule has 2 aliphatic rings. The minimum Gasteiger partial charge on any atom is -0.463 e. The maximum absolute atomic E-state index is 14.9. The molecule has 0 radical (unpaired) electrons. The number of Topliss-reactive ketones (excluding diaryl/α,β-unsaturated/α-hetero) is 1. The minimum atomic E-state index is -1.53. The zero-order valence-corrected chi connectivity index (χ0v) is 17.7. The van der Waals surface area contributed by atoms with Gasteiger partial charge >= 0.3 is 0 Å². The van der Waals surface area contributed by atoms with Gasteiger partial charge in [-0.1, -0.05) is 23.7 Å². The first-order chi connectivity index (χ1) is 15.4. The predicted molar refractivity (Wildman–Crippen MR) is 116 cm³/mol. The molecular formula is C22H20F2N4O3S. The van der Waals surface area contributed by atoms with Crippen LogP contribution in [0.3, 0.4) is 0 Å². The molecule has 0 unspecified atom stereocenters. The number of alkyl halides is 1. The largest absolute Gasteiger partial charge is 0.463 e. The van der Waals surface area contributed by atoms with E-state index in [2.05, 4.69) is 20.9 Å². The number of aromatic nitrogens is 2. The van der Waals surface area contributed by atoms with Crippen LogP contribution in [0.2, 0.25) is 0 Å². The van der Waals surface area contributed by atoms with Gasteiger partial charge in [0.2, 0.25) is 5.88 Å². The highest BCUT2D eigenvalue weighted by molar-refractivity contribution is 8.15. The third kappa shape index (κ3) is 3.82. The maximum atomic E-state index is 14.9. The summed E-state index contributed by atoms with van der Waals surface area (Å²) in [7, 11) is 0. The number of thioether (sulfide) groups is 1. The second-order valence-corrected chi connectivity index (χ2v) is 9.17. The van der Waals surface area contributed by atoms with E-state index in [4.69, 9.17) is 16.9 Å². The van der Waals surface area contributed by atoms with Gasteiger partial charge in [-0.25, -0.2) is 23.7 Å². The van der Waals surface area contributed by atoms with Crippen molar-refractivity contribution < 1.29 is 23.4 Å². The van der Waals surface area contributed by atoms with Crippen molar-refractivity contribution in [3.05, 3.63) is 53.2 Å². The van der Waals surface area contributed by atoms with Crippen molar-refractivity contribution in [3.63, 3.8) is 0 Å². The first kappa shape index (κ1) is 22.2. The van der Waals surface area contributed by atoms with Gasteiger partial charge in [0.05, 0.1) is 23.7 Å². The van der Waals surface area contributed by atoms with E-state index < -0.39 is 28.7 Å². The summed E-state index contributed by atoms with van der Waals surface area (Å²) in [6.45, 7) is -1.15. The number of carbonyl (C=O) groups excluding carboxylic acids is 1. The van der Waals surface area contributed by atoms with E-state index in [1.54, 1.807) is 0 Å². The fourth-order valence-electron chi connectivity index (χ4n) is 4.10. The quantitative estimate of drug-likeness (QED) is 0.460. The molecule has 1 fully saturated rings. The minimum absolute atomic E-state index is 0.0259. The van der Waals surface area contributed by atoms with E-state index in [1.807, 2.05) is 0 Å². The summed E-state index contributed by atoms with van der Waals surface area (Å²) in [5.41, 5.74) is 4.97. The van der Waals surface area contributed by atoms with Crippen LogP contribution in [0.25, 0.3) is 0 Å². The lowest BCUT2D eigenvalue weighted by Gasteiger charge is -2.34. The van der Waals surface area contributed by atoms with Gasteiger partial charge in [-0.15, -0.1) is 6.42 Å². The number of rotatable bonds is 8. The molecule has 0 spiro atoms. The zero-order chi connectivity index (χ0) is 22.9. The van der Waals surface area contributed by atoms with E-state index in [0.717, 1.165) is 0 Å². The van der Waals surface area contributed by atoms with Crippen molar-refractivity contribution in [3.8, 4) is 18.2 Å². The number of hydrogen-bond donors (Lipinski definition) is 2. The van der Waals surface area contributed by atoms with Gasteiger partial charge in [-0.2, -0.15) is 0 Å². The number of aliphatic hydroxyl groups excluding tert-OH is 1. The molecule has 10 heteroatoms. The van der Waals surface area contributed by atoms with E-state index in [9.17, 15) is 18.7 Å². The number of aliphatic hydroxyl groups is 1. The van der Waals surface area contributed by atoms with Crippen LogP contribution in [0.5, 0.6) is 5.88 Å². The zero-order valence-electron chi connectivity index (χ0n) is 16.9. The number of nitrogens with zero attached hydrogens (tertiary/aromatic N) is 3. The summed E-state index contributed by atoms with van der Waals surface area (Å²) in [6, 6.07) is 4.09. The van der Waals surface area contributed by atoms with E-state index >= 15 is 0 Å². The molecule has 3 N–H and O–H groups in total. The Morgan fingerprint density at radius 2 is 2.22 bits per heavy atom. The van der Waals surface area contributed by atoms with Gasteiger partial charge < -0.3 is 15.6 Å². The van der Waals surface area contributed by atoms with Crippen molar-refractivity contribution in [2.45, 2.75) is 23.1 Å². The third-order valence-corrected chi connectivity index (χ3v) is 7.06. The van der Waals surface area contributed by atoms with Crippen LogP contribution in [0, 0.1) is 24.1 Å². The van der Waals surface area contributed by atoms with Crippen molar-refractivity contribution in [1.29, 1.82) is 0 Å². The summed E-state index contributed by atoms with van der Waals surface area (Å²) >= 11 is 1.20. The third-order valence-electron chi connectivity index (χ3n) is 5.77. The van der Waals surface area contributed by atoms with Crippen LogP contribution >= 0.6 is 11.8 Å². The Labute approximate surface area is 187 Å². The van der Waals surface area contributed by atoms with Crippen LogP contribution in [-0.4, -0.2) is 50.7 Å². The molecule has 32 heavy (non-hydrogen) atoms. The molecular weight excluding hydrogens is 438 g/mol. The first-order valence-corrected chi connectivity index (χ1v) is 10.6. The number of nitrogens with two attached hydrogens (primary N) is 1. The van der Waals surface area contributed by atoms with Crippen LogP contribution in [0.4, 0.5) is 8.78 Å². The number of halogens is 2. The van der Waals surface area contributed by atoms with E-state index in [-0.39, 0.29) is 47.7 Å². The summed E-state index contributed by atoms with van der Waals surface area (Å²) in [5.74, 6) is 1.09. The standard InChI is InChI=1S/C22H20F2N4O3S/c1-2-5-31-19-10-26-16(9-27-19)17(30)7-13-3-4-15(24)14(6-13)22(11-23)18-8-21(18,12-29)32-20(25)28-22/h1,3-4,6,9-10,18,29H,5,7-8,11-12H2,(H2,25,28)/t18-,21-,22-/m1/s1. The van der Waals surface area contributed by atoms with Crippen LogP contribution in [0.15, 0.2) is 35.6 Å². The number of ketones is 1. The number of ether oxygens (including phenoxy) is 1. The monoisotopic (exact) mass is 458 g/mol. The number of aliphatic imine (C=N–C) groups is 1. The van der Waals surface area contributed by atoms with Gasteiger partial charge in [0.25, 0.3) is 0 Å². The SMILES string of the molecule is C#CCOc1cnc(C(=O)Cc2ccc(F)c([C@@]3(CF)N=C(N)S[C@@]4(CO)C[C@H]43)c2)cn1. The molecule has 1 aliphatic heterocycles. The Morgan fingerprint density at radius 1 is 1.41 bits per heavy atom. The summed E-state index contributed by atoms with van der Waals surface area (Å²) in [4.78, 5) is 25.0. The number of benzene rings is 1. The molecule has 4 rings (SSSR count). The number of terminal acetylenes is 1. The van der Waals surface area contributed by atoms with Gasteiger partial charge in [0, 0.05) is 17.9 Å². The van der Waals surface area contributed by atoms with Gasteiger partial charge in [0.15, 0.2) is 17.6 Å². The molecule has 1 saturated carbocycles. The highest BCUT2D eigenvalue weighted by atomic mass is 32.2. The fourth-order valence-corrected chi connectivity index (χ4v) is 5.38. The van der Waals surface area contributed by atoms with E-state index in [1.165, 1.54) is 42.4 Å². The molecule has 3 atom stereocenters. The Morgan fingerprint density at radius 3 is 2.88 bits per heavy atom. The molecule has 0 saturated heterocycles. The Kier molecular flexibility index (Phi) is 5.88. The number of fused-ring (bicyclic) bond motifs is 1. The molecule has 166 valence electrons. The lowest BCUT2D eigenvalue weighted by atomic mass is 9.83. The molecule has 1 aliphatic carbocycles. The number of hydrogen-bond acceptors (Lipinski definition) is 8. The molecule has 7 nitrogen and oxygen atoms in total. The highest BCUT2D eigenvalue weighted by Crippen LogP contribution is 2.65. The average Bonchev–Trinajstić information content (AvgIpc) is 3.54. The fraction of sp³-hybridized carbons (Fsp3) is 0.364. The smallest absolute Gasteiger partial charge is 0.233 e. The Bertz CT molecular complexity index is 1120. The molecule has 1 aromatic heterocycles. The summed E-state index contributed by atoms with van der Waals surface area (Å²) in [5, 5.41) is 9.90. The molecule has 1 aromatic carbocycles. The molecule has 0 amide bonds. The van der Waals surface area contributed by atoms with Crippen LogP contribution in [-0.2, 0) is 12.0 Å². The van der Waals surface area contributed by atoms with Gasteiger partial charge in [0.1, 0.15) is 23.7 Å². The molecule has 0 bridgehead atoms. The Hall–Kier alpha value is -3.03. The van der Waals surface area contributed by atoms with Gasteiger partial charge in [-0.05, 0) is 24.1 Å². The van der Waals surface area contributed by atoms with Crippen LogP contribution in [0.1, 0.15) is 28.0 Å². The van der Waals surface area contributed by atoms with Crippen molar-refractivity contribution >= 4 is 22.7 Å². The predicted octanol–water partition coefficient (Wildman–Crippen LogP) is 2.03. The average molecular weight is 458 g/mol. The first-order valence-electron chi connectivity index (χ1n) is 9.79. The second-order valence-electron chi connectivity index (χ2n) is 7.74. The maximum Gasteiger partial charge on any atom is 0.233 e. The lowest BCUT2D eigenvalue weighted by Crippen LogP contribution is -2.41. The van der Waals surface area contributed by atoms with Crippen molar-refractivity contribution in [2.24, 2.45) is 16.6 Å². The van der Waals surface area contributed by atoms with Crippen molar-refractivity contribution in [1.82, 2.24) is 9.97 Å². The van der Waals surface area contributed by atoms with Crippen molar-refractivity contribution in [2.75, 3.05) is 19.9 Å². The molecule has 2 aromatic rings. The Balaban J connectivity index is 1.60. The molecule has 2 heterocycles. The summed E-state index contributed by atoms with van der Waals surface area (Å²) in [6.07, 6.45) is 8.04. The highest BCUT2D eigenvalue weighted by Gasteiger charge is 2.68. The number of amidine groups is 1.